The number of aliphatic hydroxyl groups excluding tert-OH is 5. The predicted octanol–water partition coefficient (Wildman–Crippen LogP) is 0.260. The van der Waals surface area contributed by atoms with Gasteiger partial charge in [-0.3, -0.25) is 4.79 Å². The molecule has 0 bridgehead atoms. The highest BCUT2D eigenvalue weighted by molar-refractivity contribution is 5.88. The number of methoxy groups -OCH3 is 2. The molecule has 0 aliphatic carbocycles. The van der Waals surface area contributed by atoms with Crippen molar-refractivity contribution in [3.05, 3.63) is 58.3 Å². The summed E-state index contributed by atoms with van der Waals surface area (Å²) in [7, 11) is 2.67. The van der Waals surface area contributed by atoms with Crippen molar-refractivity contribution in [1.82, 2.24) is 0 Å². The lowest BCUT2D eigenvalue weighted by molar-refractivity contribution is -0.325. The highest BCUT2D eigenvalue weighted by Crippen LogP contribution is 2.40. The van der Waals surface area contributed by atoms with Crippen molar-refractivity contribution in [2.75, 3.05) is 20.8 Å². The summed E-state index contributed by atoms with van der Waals surface area (Å²) in [6, 6.07) is 8.16. The van der Waals surface area contributed by atoms with Crippen LogP contribution in [0.25, 0.3) is 22.3 Å². The molecule has 4 aromatic rings. The first-order valence-electron chi connectivity index (χ1n) is 16.7. The molecule has 3 aromatic carbocycles. The third-order valence-corrected chi connectivity index (χ3v) is 9.25. The molecule has 3 heterocycles. The minimum absolute atomic E-state index is 0.0440. The summed E-state index contributed by atoms with van der Waals surface area (Å²) in [6.07, 6.45) is -16.0. The minimum Gasteiger partial charge on any atom is -0.508 e. The largest absolute Gasteiger partial charge is 0.508 e. The molecule has 10 N–H and O–H groups in total. The van der Waals surface area contributed by atoms with Crippen LogP contribution in [0.2, 0.25) is 0 Å². The Morgan fingerprint density at radius 3 is 2.05 bits per heavy atom. The van der Waals surface area contributed by atoms with Crippen molar-refractivity contribution < 1.29 is 88.6 Å². The standard InChI is InChI=1S/C36H40O19/c1-13-25(41)30(46)34(50-11-14-6-21(48-2)26(42)22(7-14)49-3)36(52-13)51-12-23-27(43)29(45)31(47)35(54-23)55-33-28(44)24-19(40)9-16(37)10-20(24)53-32(33)15-4-5-17(38)18(39)8-15/h4-10,13,23,25,27,29-31,34-43,45-47H,11-12H2,1-3H3. The van der Waals surface area contributed by atoms with Crippen LogP contribution in [0.1, 0.15) is 12.5 Å². The molecule has 1 aromatic heterocycles. The van der Waals surface area contributed by atoms with Crippen LogP contribution in [-0.2, 0) is 25.6 Å². The van der Waals surface area contributed by atoms with Crippen LogP contribution < -0.4 is 19.6 Å². The molecule has 19 nitrogen and oxygen atoms in total. The summed E-state index contributed by atoms with van der Waals surface area (Å²) in [5.74, 6) is -3.51. The molecule has 0 spiro atoms. The van der Waals surface area contributed by atoms with Gasteiger partial charge in [-0.25, -0.2) is 0 Å². The van der Waals surface area contributed by atoms with Gasteiger partial charge in [-0.15, -0.1) is 0 Å². The Morgan fingerprint density at radius 1 is 0.709 bits per heavy atom. The lowest BCUT2D eigenvalue weighted by atomic mass is 9.98. The van der Waals surface area contributed by atoms with Crippen molar-refractivity contribution in [3.8, 4) is 57.3 Å². The maximum Gasteiger partial charge on any atom is 0.239 e. The highest BCUT2D eigenvalue weighted by Gasteiger charge is 2.48. The molecular weight excluding hydrogens is 736 g/mol. The Hall–Kier alpha value is -5.09. The third kappa shape index (κ3) is 7.74. The third-order valence-electron chi connectivity index (χ3n) is 9.25. The smallest absolute Gasteiger partial charge is 0.239 e. The number of phenols is 5. The van der Waals surface area contributed by atoms with Gasteiger partial charge < -0.3 is 88.6 Å². The maximum atomic E-state index is 13.8. The van der Waals surface area contributed by atoms with Gasteiger partial charge in [-0.2, -0.15) is 0 Å². The van der Waals surface area contributed by atoms with Crippen LogP contribution in [0.3, 0.4) is 0 Å². The number of fused-ring (bicyclic) bond motifs is 1. The van der Waals surface area contributed by atoms with Crippen molar-refractivity contribution in [3.63, 3.8) is 0 Å². The summed E-state index contributed by atoms with van der Waals surface area (Å²) in [5, 5.41) is 105. The second-order valence-corrected chi connectivity index (χ2v) is 12.9. The number of ether oxygens (including phenoxy) is 7. The summed E-state index contributed by atoms with van der Waals surface area (Å²) in [4.78, 5) is 13.8. The van der Waals surface area contributed by atoms with E-state index in [0.29, 0.717) is 5.56 Å². The number of phenolic OH excluding ortho intramolecular Hbond substituents is 5. The fourth-order valence-corrected chi connectivity index (χ4v) is 6.22. The predicted molar refractivity (Wildman–Crippen MR) is 184 cm³/mol. The number of hydrogen-bond donors (Lipinski definition) is 10. The Kier molecular flexibility index (Phi) is 11.5. The van der Waals surface area contributed by atoms with E-state index in [1.165, 1.54) is 39.3 Å². The summed E-state index contributed by atoms with van der Waals surface area (Å²) in [5.41, 5.74) is -0.957. The van der Waals surface area contributed by atoms with Crippen LogP contribution in [0.5, 0.6) is 46.0 Å². The van der Waals surface area contributed by atoms with Crippen LogP contribution >= 0.6 is 0 Å². The second kappa shape index (κ2) is 15.9. The first-order chi connectivity index (χ1) is 26.1. The Bertz CT molecular complexity index is 2040. The zero-order valence-electron chi connectivity index (χ0n) is 29.4. The van der Waals surface area contributed by atoms with Gasteiger partial charge in [0, 0.05) is 17.7 Å². The Balaban J connectivity index is 1.26. The molecule has 0 saturated carbocycles. The molecule has 19 heteroatoms. The van der Waals surface area contributed by atoms with E-state index in [-0.39, 0.29) is 35.0 Å². The topological polar surface area (TPSA) is 297 Å². The Morgan fingerprint density at radius 2 is 1.40 bits per heavy atom. The van der Waals surface area contributed by atoms with E-state index in [1.54, 1.807) is 0 Å². The van der Waals surface area contributed by atoms with Crippen LogP contribution in [0, 0.1) is 0 Å². The fourth-order valence-electron chi connectivity index (χ4n) is 6.22. The summed E-state index contributed by atoms with van der Waals surface area (Å²) < 4.78 is 45.3. The molecule has 298 valence electrons. The number of aromatic hydroxyl groups is 5. The monoisotopic (exact) mass is 776 g/mol. The van der Waals surface area contributed by atoms with E-state index in [4.69, 9.17) is 37.6 Å². The molecule has 2 aliphatic heterocycles. The van der Waals surface area contributed by atoms with Gasteiger partial charge in [0.15, 0.2) is 35.0 Å². The number of aliphatic hydroxyl groups is 5. The molecule has 10 unspecified atom stereocenters. The second-order valence-electron chi connectivity index (χ2n) is 12.9. The zero-order chi connectivity index (χ0) is 39.9. The van der Waals surface area contributed by atoms with E-state index >= 15 is 0 Å². The van der Waals surface area contributed by atoms with Gasteiger partial charge in [0.2, 0.25) is 23.2 Å². The van der Waals surface area contributed by atoms with E-state index in [9.17, 15) is 55.9 Å². The molecule has 2 saturated heterocycles. The zero-order valence-corrected chi connectivity index (χ0v) is 29.4. The van der Waals surface area contributed by atoms with Crippen LogP contribution in [0.15, 0.2) is 51.7 Å². The average molecular weight is 777 g/mol. The van der Waals surface area contributed by atoms with Crippen molar-refractivity contribution >= 4 is 11.0 Å². The molecule has 55 heavy (non-hydrogen) atoms. The van der Waals surface area contributed by atoms with E-state index in [2.05, 4.69) is 0 Å². The van der Waals surface area contributed by atoms with Gasteiger partial charge >= 0.3 is 0 Å². The minimum atomic E-state index is -2.01. The molecule has 10 atom stereocenters. The normalized spacial score (nSPS) is 28.2. The average Bonchev–Trinajstić information content (AvgIpc) is 3.15. The van der Waals surface area contributed by atoms with Gasteiger partial charge in [0.05, 0.1) is 33.5 Å². The van der Waals surface area contributed by atoms with E-state index in [1.807, 2.05) is 0 Å². The van der Waals surface area contributed by atoms with Gasteiger partial charge in [0.25, 0.3) is 0 Å². The lowest BCUT2D eigenvalue weighted by Gasteiger charge is -2.43. The van der Waals surface area contributed by atoms with Gasteiger partial charge in [-0.1, -0.05) is 0 Å². The highest BCUT2D eigenvalue weighted by atomic mass is 16.7. The van der Waals surface area contributed by atoms with E-state index in [0.717, 1.165) is 24.3 Å². The molecule has 2 aliphatic rings. The molecule has 0 radical (unpaired) electrons. The molecule has 6 rings (SSSR count). The molecule has 2 fully saturated rings. The fraction of sp³-hybridized carbons (Fsp3) is 0.417. The molecule has 0 amide bonds. The van der Waals surface area contributed by atoms with Crippen molar-refractivity contribution in [2.24, 2.45) is 0 Å². The van der Waals surface area contributed by atoms with Crippen molar-refractivity contribution in [2.45, 2.75) is 74.9 Å². The summed E-state index contributed by atoms with van der Waals surface area (Å²) in [6.45, 7) is 0.621. The summed E-state index contributed by atoms with van der Waals surface area (Å²) >= 11 is 0. The van der Waals surface area contributed by atoms with E-state index < -0.39 is 113 Å². The SMILES string of the molecule is COc1cc(COC2C(OCC3OC(Oc4c(-c5ccc(O)c(O)c5)oc5cc(O)cc(O)c5c4=O)C(O)C(O)C3O)OC(C)C(O)C2O)cc(OC)c1O. The van der Waals surface area contributed by atoms with Gasteiger partial charge in [-0.05, 0) is 42.8 Å². The first kappa shape index (κ1) is 39.6. The molecular formula is C36H40O19. The van der Waals surface area contributed by atoms with Crippen LogP contribution in [-0.4, -0.2) is 133 Å². The van der Waals surface area contributed by atoms with Gasteiger partial charge in [0.1, 0.15) is 65.2 Å². The Labute approximate surface area is 310 Å². The number of benzene rings is 3. The van der Waals surface area contributed by atoms with Crippen molar-refractivity contribution in [1.29, 1.82) is 0 Å². The first-order valence-corrected chi connectivity index (χ1v) is 16.7. The van der Waals surface area contributed by atoms with Crippen LogP contribution in [0.4, 0.5) is 0 Å². The quantitative estimate of drug-likeness (QED) is 0.0914. The lowest BCUT2D eigenvalue weighted by Crippen LogP contribution is -2.62. The number of hydrogen-bond acceptors (Lipinski definition) is 19. The maximum absolute atomic E-state index is 13.8. The number of rotatable bonds is 11.